The van der Waals surface area contributed by atoms with Gasteiger partial charge in [0.05, 0.1) is 11.3 Å². The Morgan fingerprint density at radius 3 is 2.38 bits per heavy atom. The molecule has 12 nitrogen and oxygen atoms in total. The van der Waals surface area contributed by atoms with Crippen LogP contribution in [0.15, 0.2) is 62.2 Å². The van der Waals surface area contributed by atoms with Crippen LogP contribution in [0, 0.1) is 0 Å². The van der Waals surface area contributed by atoms with Crippen LogP contribution in [0.25, 0.3) is 39.1 Å². The van der Waals surface area contributed by atoms with Crippen LogP contribution in [-0.2, 0) is 24.4 Å². The third-order valence-electron chi connectivity index (χ3n) is 8.54. The van der Waals surface area contributed by atoms with E-state index in [1.165, 1.54) is 0 Å². The van der Waals surface area contributed by atoms with Crippen molar-refractivity contribution in [3.63, 3.8) is 0 Å². The Balaban J connectivity index is 1.32. The predicted octanol–water partition coefficient (Wildman–Crippen LogP) is 6.61. The number of benzene rings is 2. The van der Waals surface area contributed by atoms with E-state index in [0.29, 0.717) is 36.1 Å². The Kier molecular flexibility index (Phi) is 10.6. The topological polar surface area (TPSA) is 160 Å². The zero-order valence-electron chi connectivity index (χ0n) is 29.4. The van der Waals surface area contributed by atoms with Gasteiger partial charge >= 0.3 is 11.6 Å². The van der Waals surface area contributed by atoms with Crippen molar-refractivity contribution in [2.75, 3.05) is 30.3 Å². The fourth-order valence-corrected chi connectivity index (χ4v) is 6.88. The zero-order valence-corrected chi connectivity index (χ0v) is 30.3. The van der Waals surface area contributed by atoms with Gasteiger partial charge in [-0.05, 0) is 90.6 Å². The summed E-state index contributed by atoms with van der Waals surface area (Å²) in [6.45, 7) is 12.4. The molecule has 13 heteroatoms. The fourth-order valence-electron chi connectivity index (χ4n) is 6.39. The second-order valence-electron chi connectivity index (χ2n) is 14.3. The molecule has 1 N–H and O–H groups in total. The summed E-state index contributed by atoms with van der Waals surface area (Å²) in [6.07, 6.45) is 3.37. The lowest BCUT2D eigenvalue weighted by Gasteiger charge is -2.43. The smallest absolute Gasteiger partial charge is 0.349 e. The van der Waals surface area contributed by atoms with Gasteiger partial charge in [0.15, 0.2) is 5.58 Å². The van der Waals surface area contributed by atoms with Crippen molar-refractivity contribution in [1.82, 2.24) is 9.88 Å². The van der Waals surface area contributed by atoms with Crippen molar-refractivity contribution in [2.45, 2.75) is 84.8 Å². The lowest BCUT2D eigenvalue weighted by molar-refractivity contribution is -0.155. The quantitative estimate of drug-likeness (QED) is 0.0904. The molecule has 0 radical (unpaired) electrons. The number of oxazole rings is 1. The molecule has 0 atom stereocenters. The van der Waals surface area contributed by atoms with Crippen LogP contribution >= 0.6 is 0 Å². The molecule has 0 aliphatic carbocycles. The number of para-hydroxylation sites is 2. The first-order valence-electron chi connectivity index (χ1n) is 16.8. The third-order valence-corrected chi connectivity index (χ3v) is 9.34. The van der Waals surface area contributed by atoms with Crippen molar-refractivity contribution in [3.8, 4) is 11.5 Å². The number of esters is 1. The molecule has 0 spiro atoms. The van der Waals surface area contributed by atoms with Gasteiger partial charge in [0, 0.05) is 55.2 Å². The van der Waals surface area contributed by atoms with Crippen LogP contribution in [0.5, 0.6) is 0 Å². The zero-order chi connectivity index (χ0) is 36.4. The first-order chi connectivity index (χ1) is 23.4. The Morgan fingerprint density at radius 2 is 1.68 bits per heavy atom. The van der Waals surface area contributed by atoms with Crippen LogP contribution in [0.3, 0.4) is 0 Å². The number of carbonyl (C=O) groups is 2. The summed E-state index contributed by atoms with van der Waals surface area (Å²) in [5.74, 6) is -0.824. The number of ether oxygens (including phenoxy) is 1. The lowest BCUT2D eigenvalue weighted by atomic mass is 9.87. The molecule has 2 aromatic carbocycles. The highest BCUT2D eigenvalue weighted by Crippen LogP contribution is 2.41. The van der Waals surface area contributed by atoms with Gasteiger partial charge in [-0.1, -0.05) is 18.2 Å². The third kappa shape index (κ3) is 8.99. The molecule has 2 aromatic heterocycles. The minimum Gasteiger partial charge on any atom is -0.460 e. The number of hydrogen-bond acceptors (Lipinski definition) is 10. The molecule has 50 heavy (non-hydrogen) atoms. The average molecular weight is 708 g/mol. The van der Waals surface area contributed by atoms with Gasteiger partial charge in [0.2, 0.25) is 11.8 Å². The number of allylic oxidation sites excluding steroid dienone is 1. The van der Waals surface area contributed by atoms with E-state index in [-0.39, 0.29) is 55.7 Å². The first-order valence-corrected chi connectivity index (χ1v) is 18.4. The van der Waals surface area contributed by atoms with Crippen molar-refractivity contribution in [1.29, 1.82) is 0 Å². The Morgan fingerprint density at radius 1 is 0.980 bits per heavy atom. The number of nitrogens with zero attached hydrogens (tertiary/aromatic N) is 3. The number of carbonyl (C=O) groups excluding carboxylic acids is 2. The summed E-state index contributed by atoms with van der Waals surface area (Å²) in [5, 5.41) is 0.718. The average Bonchev–Trinajstić information content (AvgIpc) is 3.43. The van der Waals surface area contributed by atoms with Crippen molar-refractivity contribution < 1.29 is 36.1 Å². The molecule has 0 bridgehead atoms. The molecule has 268 valence electrons. The molecule has 1 aliphatic heterocycles. The molecular formula is C37H45N3O9S. The largest absolute Gasteiger partial charge is 0.460 e. The Bertz CT molecular complexity index is 2070. The summed E-state index contributed by atoms with van der Waals surface area (Å²) in [6, 6.07) is 12.9. The molecule has 0 unspecified atom stereocenters. The molecule has 4 aromatic rings. The van der Waals surface area contributed by atoms with Crippen LogP contribution in [0.4, 0.5) is 5.69 Å². The second-order valence-corrected chi connectivity index (χ2v) is 15.9. The van der Waals surface area contributed by atoms with Crippen LogP contribution in [0.1, 0.15) is 79.2 Å². The molecule has 0 saturated heterocycles. The second kappa shape index (κ2) is 14.4. The van der Waals surface area contributed by atoms with E-state index >= 15 is 0 Å². The molecular weight excluding hydrogens is 662 g/mol. The maximum atomic E-state index is 13.4. The molecule has 5 rings (SSSR count). The van der Waals surface area contributed by atoms with E-state index < -0.39 is 32.6 Å². The maximum absolute atomic E-state index is 13.4. The number of rotatable bonds is 13. The molecule has 1 amide bonds. The van der Waals surface area contributed by atoms with Crippen molar-refractivity contribution in [3.05, 3.63) is 64.5 Å². The molecule has 3 heterocycles. The van der Waals surface area contributed by atoms with E-state index in [0.717, 1.165) is 22.2 Å². The van der Waals surface area contributed by atoms with Crippen molar-refractivity contribution in [2.24, 2.45) is 0 Å². The van der Waals surface area contributed by atoms with E-state index in [9.17, 15) is 27.4 Å². The number of aromatic nitrogens is 1. The number of hydrogen-bond donors (Lipinski definition) is 1. The first kappa shape index (κ1) is 36.8. The van der Waals surface area contributed by atoms with Gasteiger partial charge < -0.3 is 23.4 Å². The summed E-state index contributed by atoms with van der Waals surface area (Å²) in [5.41, 5.74) is 3.15. The van der Waals surface area contributed by atoms with E-state index in [1.807, 2.05) is 37.3 Å². The van der Waals surface area contributed by atoms with Gasteiger partial charge in [-0.2, -0.15) is 8.42 Å². The maximum Gasteiger partial charge on any atom is 0.349 e. The monoisotopic (exact) mass is 707 g/mol. The highest BCUT2D eigenvalue weighted by Gasteiger charge is 2.32. The number of fused-ring (bicyclic) bond motifs is 3. The summed E-state index contributed by atoms with van der Waals surface area (Å²) >= 11 is 0. The Labute approximate surface area is 291 Å². The van der Waals surface area contributed by atoms with E-state index in [4.69, 9.17) is 13.6 Å². The summed E-state index contributed by atoms with van der Waals surface area (Å²) in [7, 11) is -4.18. The normalized spacial score (nSPS) is 14.5. The highest BCUT2D eigenvalue weighted by atomic mass is 32.2. The van der Waals surface area contributed by atoms with Gasteiger partial charge in [0.25, 0.3) is 10.1 Å². The SMILES string of the molecule is CC1=CC(C)(C)N(CCCC(=O)N(CCCC(=O)OC(C)(C)C)CCCS(=O)(=O)O)c2cc3oc(=O)c(-c4nc5ccccc5o4)cc3cc21. The lowest BCUT2D eigenvalue weighted by Crippen LogP contribution is -2.46. The van der Waals surface area contributed by atoms with E-state index in [1.54, 1.807) is 37.8 Å². The number of amides is 1. The highest BCUT2D eigenvalue weighted by molar-refractivity contribution is 7.85. The van der Waals surface area contributed by atoms with Crippen LogP contribution < -0.4 is 10.5 Å². The minimum absolute atomic E-state index is 0.0695. The van der Waals surface area contributed by atoms with E-state index in [2.05, 4.69) is 29.8 Å². The van der Waals surface area contributed by atoms with Gasteiger partial charge in [-0.25, -0.2) is 9.78 Å². The van der Waals surface area contributed by atoms with Crippen molar-refractivity contribution >= 4 is 55.3 Å². The molecule has 0 fully saturated rings. The summed E-state index contributed by atoms with van der Waals surface area (Å²) < 4.78 is 48.9. The van der Waals surface area contributed by atoms with Crippen LogP contribution in [0.2, 0.25) is 0 Å². The van der Waals surface area contributed by atoms with Gasteiger partial charge in [0.1, 0.15) is 22.3 Å². The van der Waals surface area contributed by atoms with Gasteiger partial charge in [-0.15, -0.1) is 0 Å². The standard InChI is InChI=1S/C37H45N3O9S/c1-24-23-37(5,6)40(18-9-14-32(41)39(17-11-19-50(44,45)46)16-10-15-33(42)49-36(2,3)4)29-22-31-25(20-26(24)29)21-27(35(43)48-31)34-38-28-12-7-8-13-30(28)47-34/h7-8,12-13,20-23H,9-11,14-19H2,1-6H3,(H,44,45,46). The summed E-state index contributed by atoms with van der Waals surface area (Å²) in [4.78, 5) is 47.0. The fraction of sp³-hybridized carbons (Fsp3) is 0.459. The van der Waals surface area contributed by atoms with Gasteiger partial charge in [-0.3, -0.25) is 14.1 Å². The van der Waals surface area contributed by atoms with Crippen LogP contribution in [-0.4, -0.2) is 71.3 Å². The predicted molar refractivity (Wildman–Crippen MR) is 192 cm³/mol. The Hall–Kier alpha value is -4.49. The molecule has 1 aliphatic rings. The molecule has 0 saturated carbocycles. The minimum atomic E-state index is -4.18. The number of anilines is 1.